The van der Waals surface area contributed by atoms with Gasteiger partial charge in [0.25, 0.3) is 0 Å². The number of nitrogens with zero attached hydrogens (tertiary/aromatic N) is 1. The third-order valence-corrected chi connectivity index (χ3v) is 4.97. The summed E-state index contributed by atoms with van der Waals surface area (Å²) in [6.07, 6.45) is 3.87. The number of fused-ring (bicyclic) bond motifs is 1. The van der Waals surface area contributed by atoms with Crippen LogP contribution in [0.1, 0.15) is 37.0 Å². The molecule has 2 N–H and O–H groups in total. The number of nitrogens with one attached hydrogen (secondary N) is 1. The van der Waals surface area contributed by atoms with E-state index < -0.39 is 0 Å². The van der Waals surface area contributed by atoms with Crippen LogP contribution >= 0.6 is 0 Å². The average molecular weight is 300 g/mol. The van der Waals surface area contributed by atoms with Crippen molar-refractivity contribution in [3.8, 4) is 0 Å². The molecular weight excluding hydrogens is 276 g/mol. The number of rotatable bonds is 4. The highest BCUT2D eigenvalue weighted by Crippen LogP contribution is 2.31. The van der Waals surface area contributed by atoms with E-state index in [2.05, 4.69) is 16.8 Å². The van der Waals surface area contributed by atoms with Gasteiger partial charge in [0, 0.05) is 41.2 Å². The lowest BCUT2D eigenvalue weighted by Crippen LogP contribution is -2.49. The number of H-pyrrole nitrogens is 1. The largest absolute Gasteiger partial charge is 0.396 e. The van der Waals surface area contributed by atoms with Crippen LogP contribution in [0.15, 0.2) is 30.5 Å². The van der Waals surface area contributed by atoms with Gasteiger partial charge in [-0.2, -0.15) is 0 Å². The number of aromatic amines is 1. The maximum Gasteiger partial charge on any atom is 0.181 e. The van der Waals surface area contributed by atoms with E-state index in [0.717, 1.165) is 42.4 Å². The SMILES string of the molecule is CC(C(=O)c1c[nH]c2ccccc12)N1CCCC(C)(CO)C1. The Balaban J connectivity index is 1.82. The summed E-state index contributed by atoms with van der Waals surface area (Å²) < 4.78 is 0. The number of aromatic nitrogens is 1. The van der Waals surface area contributed by atoms with Crippen molar-refractivity contribution in [2.24, 2.45) is 5.41 Å². The lowest BCUT2D eigenvalue weighted by atomic mass is 9.82. The predicted molar refractivity (Wildman–Crippen MR) is 88.1 cm³/mol. The van der Waals surface area contributed by atoms with Crippen molar-refractivity contribution in [2.45, 2.75) is 32.7 Å². The van der Waals surface area contributed by atoms with Gasteiger partial charge in [-0.25, -0.2) is 0 Å². The number of Topliss-reactive ketones (excluding diaryl/α,β-unsaturated/α-hetero) is 1. The number of likely N-dealkylation sites (tertiary alicyclic amines) is 1. The molecule has 1 aromatic heterocycles. The molecule has 1 aliphatic rings. The zero-order valence-corrected chi connectivity index (χ0v) is 13.3. The molecule has 1 fully saturated rings. The Morgan fingerprint density at radius 2 is 2.23 bits per heavy atom. The molecule has 4 nitrogen and oxygen atoms in total. The van der Waals surface area contributed by atoms with Crippen LogP contribution in [0.2, 0.25) is 0 Å². The Hall–Kier alpha value is -1.65. The Bertz CT molecular complexity index is 679. The van der Waals surface area contributed by atoms with Crippen molar-refractivity contribution in [3.63, 3.8) is 0 Å². The van der Waals surface area contributed by atoms with Crippen LogP contribution in [0.25, 0.3) is 10.9 Å². The summed E-state index contributed by atoms with van der Waals surface area (Å²) >= 11 is 0. The van der Waals surface area contributed by atoms with Gasteiger partial charge < -0.3 is 10.1 Å². The monoisotopic (exact) mass is 300 g/mol. The number of carbonyl (C=O) groups excluding carboxylic acids is 1. The number of aliphatic hydroxyl groups excluding tert-OH is 1. The molecule has 2 atom stereocenters. The van der Waals surface area contributed by atoms with E-state index >= 15 is 0 Å². The number of para-hydroxylation sites is 1. The number of piperidine rings is 1. The molecule has 0 spiro atoms. The highest BCUT2D eigenvalue weighted by Gasteiger charge is 2.34. The summed E-state index contributed by atoms with van der Waals surface area (Å²) in [5.41, 5.74) is 1.67. The van der Waals surface area contributed by atoms with Gasteiger partial charge >= 0.3 is 0 Å². The summed E-state index contributed by atoms with van der Waals surface area (Å²) in [6, 6.07) is 7.74. The second-order valence-electron chi connectivity index (χ2n) is 6.83. The summed E-state index contributed by atoms with van der Waals surface area (Å²) in [5, 5.41) is 10.6. The van der Waals surface area contributed by atoms with Gasteiger partial charge in [0.2, 0.25) is 0 Å². The van der Waals surface area contributed by atoms with Crippen molar-refractivity contribution >= 4 is 16.7 Å². The first-order valence-corrected chi connectivity index (χ1v) is 7.99. The lowest BCUT2D eigenvalue weighted by molar-refractivity contribution is 0.0278. The summed E-state index contributed by atoms with van der Waals surface area (Å²) in [6.45, 7) is 5.95. The number of hydrogen-bond donors (Lipinski definition) is 2. The fourth-order valence-electron chi connectivity index (χ4n) is 3.48. The second-order valence-corrected chi connectivity index (χ2v) is 6.83. The first-order valence-electron chi connectivity index (χ1n) is 7.99. The van der Waals surface area contributed by atoms with Gasteiger partial charge in [-0.05, 0) is 32.4 Å². The molecule has 4 heteroatoms. The van der Waals surface area contributed by atoms with Crippen molar-refractivity contribution in [2.75, 3.05) is 19.7 Å². The minimum Gasteiger partial charge on any atom is -0.396 e. The summed E-state index contributed by atoms with van der Waals surface area (Å²) in [7, 11) is 0. The van der Waals surface area contributed by atoms with Crippen LogP contribution in [-0.2, 0) is 0 Å². The van der Waals surface area contributed by atoms with Gasteiger partial charge in [0.05, 0.1) is 6.04 Å². The molecule has 0 amide bonds. The zero-order valence-electron chi connectivity index (χ0n) is 13.3. The van der Waals surface area contributed by atoms with E-state index in [4.69, 9.17) is 0 Å². The molecule has 3 rings (SSSR count). The lowest BCUT2D eigenvalue weighted by Gasteiger charge is -2.41. The Morgan fingerprint density at radius 3 is 3.00 bits per heavy atom. The van der Waals surface area contributed by atoms with E-state index in [0.29, 0.717) is 0 Å². The highest BCUT2D eigenvalue weighted by atomic mass is 16.3. The Kier molecular flexibility index (Phi) is 4.06. The molecule has 0 radical (unpaired) electrons. The molecule has 118 valence electrons. The van der Waals surface area contributed by atoms with Gasteiger partial charge in [-0.1, -0.05) is 25.1 Å². The third-order valence-electron chi connectivity index (χ3n) is 4.97. The van der Waals surface area contributed by atoms with Crippen molar-refractivity contribution in [1.29, 1.82) is 0 Å². The van der Waals surface area contributed by atoms with E-state index in [1.807, 2.05) is 37.4 Å². The van der Waals surface area contributed by atoms with Crippen LogP contribution in [-0.4, -0.2) is 46.5 Å². The maximum absolute atomic E-state index is 12.9. The van der Waals surface area contributed by atoms with Gasteiger partial charge in [-0.3, -0.25) is 9.69 Å². The molecule has 22 heavy (non-hydrogen) atoms. The fourth-order valence-corrected chi connectivity index (χ4v) is 3.48. The second kappa shape index (κ2) is 5.86. The minimum absolute atomic E-state index is 0.0903. The number of carbonyl (C=O) groups is 1. The minimum atomic E-state index is -0.162. The van der Waals surface area contributed by atoms with Crippen molar-refractivity contribution in [3.05, 3.63) is 36.0 Å². The van der Waals surface area contributed by atoms with Gasteiger partial charge in [0.1, 0.15) is 0 Å². The molecule has 1 saturated heterocycles. The van der Waals surface area contributed by atoms with Crippen molar-refractivity contribution in [1.82, 2.24) is 9.88 Å². The Labute approximate surface area is 131 Å². The summed E-state index contributed by atoms with van der Waals surface area (Å²) in [5.74, 6) is 0.152. The van der Waals surface area contributed by atoms with Crippen LogP contribution in [0, 0.1) is 5.41 Å². The highest BCUT2D eigenvalue weighted by molar-refractivity contribution is 6.10. The predicted octanol–water partition coefficient (Wildman–Crippen LogP) is 2.83. The molecule has 2 unspecified atom stereocenters. The molecule has 2 aromatic rings. The van der Waals surface area contributed by atoms with E-state index in [-0.39, 0.29) is 23.8 Å². The van der Waals surface area contributed by atoms with E-state index in [1.165, 1.54) is 0 Å². The van der Waals surface area contributed by atoms with Crippen molar-refractivity contribution < 1.29 is 9.90 Å². The molecule has 1 aromatic carbocycles. The quantitative estimate of drug-likeness (QED) is 0.854. The van der Waals surface area contributed by atoms with Crippen LogP contribution in [0.3, 0.4) is 0 Å². The smallest absolute Gasteiger partial charge is 0.181 e. The number of benzene rings is 1. The topological polar surface area (TPSA) is 56.3 Å². The molecule has 2 heterocycles. The first kappa shape index (κ1) is 15.3. The number of aliphatic hydroxyl groups is 1. The zero-order chi connectivity index (χ0) is 15.7. The van der Waals surface area contributed by atoms with Crippen LogP contribution in [0.4, 0.5) is 0 Å². The number of ketones is 1. The van der Waals surface area contributed by atoms with Crippen LogP contribution in [0.5, 0.6) is 0 Å². The maximum atomic E-state index is 12.9. The standard InChI is InChI=1S/C18H24N2O2/c1-13(20-9-5-8-18(2,11-20)12-21)17(22)15-10-19-16-7-4-3-6-14(15)16/h3-4,6-7,10,13,19,21H,5,8-9,11-12H2,1-2H3. The van der Waals surface area contributed by atoms with Gasteiger partial charge in [0.15, 0.2) is 5.78 Å². The molecule has 0 bridgehead atoms. The first-order chi connectivity index (χ1) is 10.5. The molecule has 1 aliphatic heterocycles. The number of hydrogen-bond acceptors (Lipinski definition) is 3. The molecule has 0 aliphatic carbocycles. The fraction of sp³-hybridized carbons (Fsp3) is 0.500. The molecular formula is C18H24N2O2. The van der Waals surface area contributed by atoms with E-state index in [9.17, 15) is 9.90 Å². The Morgan fingerprint density at radius 1 is 1.45 bits per heavy atom. The summed E-state index contributed by atoms with van der Waals surface area (Å²) in [4.78, 5) is 18.3. The average Bonchev–Trinajstić information content (AvgIpc) is 2.97. The van der Waals surface area contributed by atoms with Gasteiger partial charge in [-0.15, -0.1) is 0 Å². The normalized spacial score (nSPS) is 24.5. The third kappa shape index (κ3) is 2.69. The molecule has 0 saturated carbocycles. The van der Waals surface area contributed by atoms with Crippen LogP contribution < -0.4 is 0 Å². The van der Waals surface area contributed by atoms with E-state index in [1.54, 1.807) is 0 Å².